The number of anilines is 1. The van der Waals surface area contributed by atoms with E-state index in [-0.39, 0.29) is 0 Å². The van der Waals surface area contributed by atoms with Gasteiger partial charge in [-0.2, -0.15) is 0 Å². The summed E-state index contributed by atoms with van der Waals surface area (Å²) in [6, 6.07) is 23.0. The Hall–Kier alpha value is -3.24. The number of allylic oxidation sites excluding steroid dienone is 1. The lowest BCUT2D eigenvalue weighted by Gasteiger charge is -2.12. The fourth-order valence-electron chi connectivity index (χ4n) is 2.54. The van der Waals surface area contributed by atoms with Gasteiger partial charge in [0, 0.05) is 22.6 Å². The zero-order chi connectivity index (χ0) is 19.8. The van der Waals surface area contributed by atoms with E-state index in [2.05, 4.69) is 10.3 Å². The minimum atomic E-state index is 0.694. The van der Waals surface area contributed by atoms with Gasteiger partial charge >= 0.3 is 0 Å². The molecule has 0 fully saturated rings. The van der Waals surface area contributed by atoms with Crippen LogP contribution in [0.15, 0.2) is 83.9 Å². The predicted molar refractivity (Wildman–Crippen MR) is 117 cm³/mol. The summed E-state index contributed by atoms with van der Waals surface area (Å²) in [6.45, 7) is 0. The fraction of sp³-hybridized carbons (Fsp3) is 0.0870. The molecule has 0 bridgehead atoms. The van der Waals surface area contributed by atoms with E-state index in [9.17, 15) is 0 Å². The average molecular weight is 393 g/mol. The van der Waals surface area contributed by atoms with E-state index in [1.165, 1.54) is 0 Å². The third-order valence-corrected chi connectivity index (χ3v) is 4.31. The van der Waals surface area contributed by atoms with Crippen molar-refractivity contribution in [2.75, 3.05) is 19.5 Å². The third-order valence-electron chi connectivity index (χ3n) is 4.06. The number of hydrogen-bond acceptors (Lipinski definition) is 4. The van der Waals surface area contributed by atoms with Crippen LogP contribution in [-0.2, 0) is 0 Å². The standard InChI is InChI=1S/C23H21ClN2O2/c1-27-21-11-7-19(8-12-21)25-16-15-23(17-3-5-18(24)6-4-17)26-20-9-13-22(28-2)14-10-20/h3-16,26H,1-2H3. The maximum absolute atomic E-state index is 6.03. The Bertz CT molecular complexity index is 947. The molecule has 0 saturated carbocycles. The van der Waals surface area contributed by atoms with E-state index in [1.54, 1.807) is 20.4 Å². The van der Waals surface area contributed by atoms with Crippen LogP contribution in [0.2, 0.25) is 5.02 Å². The second kappa shape index (κ2) is 9.62. The second-order valence-corrected chi connectivity index (χ2v) is 6.35. The molecule has 0 amide bonds. The number of methoxy groups -OCH3 is 2. The quantitative estimate of drug-likeness (QED) is 0.486. The van der Waals surface area contributed by atoms with Gasteiger partial charge in [-0.25, -0.2) is 0 Å². The van der Waals surface area contributed by atoms with Gasteiger partial charge in [-0.3, -0.25) is 4.99 Å². The Morgan fingerprint density at radius 2 is 1.39 bits per heavy atom. The van der Waals surface area contributed by atoms with Crippen molar-refractivity contribution in [1.82, 2.24) is 0 Å². The predicted octanol–water partition coefficient (Wildman–Crippen LogP) is 6.21. The average Bonchev–Trinajstić information content (AvgIpc) is 2.74. The van der Waals surface area contributed by atoms with Crippen LogP contribution in [0, 0.1) is 0 Å². The van der Waals surface area contributed by atoms with Crippen molar-refractivity contribution in [2.45, 2.75) is 0 Å². The van der Waals surface area contributed by atoms with E-state index in [0.29, 0.717) is 5.02 Å². The molecule has 0 aliphatic carbocycles. The lowest BCUT2D eigenvalue weighted by molar-refractivity contribution is 0.415. The molecule has 0 aliphatic rings. The summed E-state index contributed by atoms with van der Waals surface area (Å²) in [5.74, 6) is 1.61. The zero-order valence-electron chi connectivity index (χ0n) is 15.7. The van der Waals surface area contributed by atoms with Crippen molar-refractivity contribution in [3.8, 4) is 11.5 Å². The van der Waals surface area contributed by atoms with Gasteiger partial charge in [0.15, 0.2) is 0 Å². The van der Waals surface area contributed by atoms with E-state index >= 15 is 0 Å². The molecule has 0 heterocycles. The molecule has 5 heteroatoms. The van der Waals surface area contributed by atoms with Crippen LogP contribution in [0.5, 0.6) is 11.5 Å². The molecule has 142 valence electrons. The van der Waals surface area contributed by atoms with Crippen molar-refractivity contribution < 1.29 is 9.47 Å². The number of nitrogens with one attached hydrogen (secondary N) is 1. The largest absolute Gasteiger partial charge is 0.497 e. The number of ether oxygens (including phenoxy) is 2. The molecule has 28 heavy (non-hydrogen) atoms. The summed E-state index contributed by atoms with van der Waals surface area (Å²) < 4.78 is 10.4. The summed E-state index contributed by atoms with van der Waals surface area (Å²) in [4.78, 5) is 4.49. The molecule has 1 N–H and O–H groups in total. The van der Waals surface area contributed by atoms with Crippen molar-refractivity contribution in [1.29, 1.82) is 0 Å². The monoisotopic (exact) mass is 392 g/mol. The highest BCUT2D eigenvalue weighted by molar-refractivity contribution is 6.30. The molecule has 0 spiro atoms. The van der Waals surface area contributed by atoms with Crippen molar-refractivity contribution in [3.63, 3.8) is 0 Å². The number of halogens is 1. The third kappa shape index (κ3) is 5.38. The maximum Gasteiger partial charge on any atom is 0.119 e. The van der Waals surface area contributed by atoms with Crippen LogP contribution in [0.25, 0.3) is 5.70 Å². The Morgan fingerprint density at radius 3 is 1.96 bits per heavy atom. The number of hydrogen-bond donors (Lipinski definition) is 1. The van der Waals surface area contributed by atoms with Gasteiger partial charge in [-0.15, -0.1) is 0 Å². The van der Waals surface area contributed by atoms with E-state index < -0.39 is 0 Å². The molecule has 3 aromatic carbocycles. The van der Waals surface area contributed by atoms with Crippen LogP contribution in [-0.4, -0.2) is 20.4 Å². The highest BCUT2D eigenvalue weighted by Gasteiger charge is 2.03. The highest BCUT2D eigenvalue weighted by Crippen LogP contribution is 2.23. The first-order chi connectivity index (χ1) is 13.7. The van der Waals surface area contributed by atoms with Gasteiger partial charge in [0.25, 0.3) is 0 Å². The molecular formula is C23H21ClN2O2. The zero-order valence-corrected chi connectivity index (χ0v) is 16.5. The Kier molecular flexibility index (Phi) is 6.71. The van der Waals surface area contributed by atoms with Gasteiger partial charge in [0.2, 0.25) is 0 Å². The normalized spacial score (nSPS) is 11.5. The van der Waals surface area contributed by atoms with Crippen LogP contribution >= 0.6 is 11.6 Å². The number of nitrogens with zero attached hydrogens (tertiary/aromatic N) is 1. The number of benzene rings is 3. The fourth-order valence-corrected chi connectivity index (χ4v) is 2.66. The molecule has 0 aliphatic heterocycles. The maximum atomic E-state index is 6.03. The molecule has 0 atom stereocenters. The van der Waals surface area contributed by atoms with Crippen LogP contribution in [0.3, 0.4) is 0 Å². The summed E-state index contributed by atoms with van der Waals surface area (Å²) in [5.41, 5.74) is 3.69. The van der Waals surface area contributed by atoms with Gasteiger partial charge < -0.3 is 14.8 Å². The van der Waals surface area contributed by atoms with Gasteiger partial charge in [-0.1, -0.05) is 23.7 Å². The molecule has 0 unspecified atom stereocenters. The van der Waals surface area contributed by atoms with Crippen LogP contribution in [0.1, 0.15) is 5.56 Å². The first-order valence-electron chi connectivity index (χ1n) is 8.73. The molecule has 0 aromatic heterocycles. The van der Waals surface area contributed by atoms with E-state index in [1.807, 2.05) is 78.9 Å². The van der Waals surface area contributed by atoms with Gasteiger partial charge in [0.05, 0.1) is 19.9 Å². The lowest BCUT2D eigenvalue weighted by atomic mass is 10.1. The van der Waals surface area contributed by atoms with E-state index in [4.69, 9.17) is 21.1 Å². The molecular weight excluding hydrogens is 372 g/mol. The molecule has 4 nitrogen and oxygen atoms in total. The van der Waals surface area contributed by atoms with Crippen molar-refractivity contribution in [2.24, 2.45) is 4.99 Å². The minimum absolute atomic E-state index is 0.694. The van der Waals surface area contributed by atoms with Crippen molar-refractivity contribution in [3.05, 3.63) is 89.5 Å². The van der Waals surface area contributed by atoms with Gasteiger partial charge in [-0.05, 0) is 72.3 Å². The summed E-state index contributed by atoms with van der Waals surface area (Å²) in [6.07, 6.45) is 3.69. The molecule has 0 saturated heterocycles. The Morgan fingerprint density at radius 1 is 0.821 bits per heavy atom. The van der Waals surface area contributed by atoms with Crippen LogP contribution in [0.4, 0.5) is 11.4 Å². The SMILES string of the molecule is COc1ccc(N=CC=C(Nc2ccc(OC)cc2)c2ccc(Cl)cc2)cc1. The Balaban J connectivity index is 1.84. The second-order valence-electron chi connectivity index (χ2n) is 5.92. The van der Waals surface area contributed by atoms with Crippen LogP contribution < -0.4 is 14.8 Å². The summed E-state index contributed by atoms with van der Waals surface area (Å²) >= 11 is 6.03. The molecule has 3 aromatic rings. The first-order valence-corrected chi connectivity index (χ1v) is 9.11. The highest BCUT2D eigenvalue weighted by atomic mass is 35.5. The Labute approximate surface area is 170 Å². The molecule has 0 radical (unpaired) electrons. The van der Waals surface area contributed by atoms with Crippen molar-refractivity contribution >= 4 is 34.9 Å². The topological polar surface area (TPSA) is 42.8 Å². The number of aliphatic imine (C=N–C) groups is 1. The lowest BCUT2D eigenvalue weighted by Crippen LogP contribution is -1.99. The van der Waals surface area contributed by atoms with E-state index in [0.717, 1.165) is 34.1 Å². The summed E-state index contributed by atoms with van der Waals surface area (Å²) in [7, 11) is 3.29. The number of rotatable bonds is 7. The minimum Gasteiger partial charge on any atom is -0.497 e. The smallest absolute Gasteiger partial charge is 0.119 e. The first kappa shape index (κ1) is 19.5. The molecule has 3 rings (SSSR count). The van der Waals surface area contributed by atoms with Gasteiger partial charge in [0.1, 0.15) is 11.5 Å². The summed E-state index contributed by atoms with van der Waals surface area (Å²) in [5, 5.41) is 4.12.